The largest absolute Gasteiger partial charge is 0.497 e. The van der Waals surface area contributed by atoms with Gasteiger partial charge in [0.15, 0.2) is 0 Å². The molecule has 5 heteroatoms. The third-order valence-corrected chi connectivity index (χ3v) is 5.89. The number of benzene rings is 5. The van der Waals surface area contributed by atoms with E-state index in [1.165, 1.54) is 3.57 Å². The molecule has 0 saturated heterocycles. The monoisotopic (exact) mass is 602 g/mol. The number of nitrogen functional groups attached to an aromatic ring is 1. The van der Waals surface area contributed by atoms with E-state index in [9.17, 15) is 0 Å². The van der Waals surface area contributed by atoms with Crippen LogP contribution in [0.1, 0.15) is 0 Å². The van der Waals surface area contributed by atoms with Crippen LogP contribution >= 0.6 is 22.6 Å². The SMILES string of the molecule is COc1cccc(N(c2ccccc2)c2ccccc2)c1.COc1cccc(N)c1.Ic1ccccc1. The first-order valence-electron chi connectivity index (χ1n) is 11.7. The quantitative estimate of drug-likeness (QED) is 0.162. The molecule has 5 aromatic rings. The molecule has 37 heavy (non-hydrogen) atoms. The van der Waals surface area contributed by atoms with Gasteiger partial charge in [0.2, 0.25) is 0 Å². The summed E-state index contributed by atoms with van der Waals surface area (Å²) in [5, 5.41) is 0. The van der Waals surface area contributed by atoms with E-state index in [0.717, 1.165) is 34.2 Å². The lowest BCUT2D eigenvalue weighted by Gasteiger charge is -2.25. The Hall–Kier alpha value is -3.97. The maximum atomic E-state index is 5.45. The lowest BCUT2D eigenvalue weighted by molar-refractivity contribution is 0.415. The van der Waals surface area contributed by atoms with E-state index in [-0.39, 0.29) is 0 Å². The number of halogens is 1. The number of anilines is 4. The molecule has 0 atom stereocenters. The fourth-order valence-corrected chi connectivity index (χ4v) is 3.82. The molecule has 0 unspecified atom stereocenters. The van der Waals surface area contributed by atoms with Crippen LogP contribution < -0.4 is 20.1 Å². The topological polar surface area (TPSA) is 47.7 Å². The Kier molecular flexibility index (Phi) is 11.4. The van der Waals surface area contributed by atoms with Crippen LogP contribution in [0.25, 0.3) is 0 Å². The maximum absolute atomic E-state index is 5.45. The van der Waals surface area contributed by atoms with Crippen LogP contribution in [0.15, 0.2) is 140 Å². The second-order valence-electron chi connectivity index (χ2n) is 7.78. The molecule has 0 aromatic heterocycles. The summed E-state index contributed by atoms with van der Waals surface area (Å²) >= 11 is 2.28. The molecular formula is C32H31IN2O2. The molecule has 0 aliphatic carbocycles. The van der Waals surface area contributed by atoms with Crippen LogP contribution in [-0.4, -0.2) is 14.2 Å². The summed E-state index contributed by atoms with van der Waals surface area (Å²) in [6, 6.07) is 46.3. The molecule has 0 saturated carbocycles. The Bertz CT molecular complexity index is 1280. The highest BCUT2D eigenvalue weighted by Crippen LogP contribution is 2.35. The summed E-state index contributed by atoms with van der Waals surface area (Å²) in [5.41, 5.74) is 9.51. The number of rotatable bonds is 5. The predicted molar refractivity (Wildman–Crippen MR) is 164 cm³/mol. The van der Waals surface area contributed by atoms with Gasteiger partial charge in [-0.15, -0.1) is 0 Å². The molecule has 0 spiro atoms. The molecule has 4 nitrogen and oxygen atoms in total. The first kappa shape index (κ1) is 27.6. The van der Waals surface area contributed by atoms with Crippen LogP contribution in [0.3, 0.4) is 0 Å². The van der Waals surface area contributed by atoms with Gasteiger partial charge in [-0.1, -0.05) is 66.7 Å². The smallest absolute Gasteiger partial charge is 0.120 e. The predicted octanol–water partition coefficient (Wildman–Crippen LogP) is 8.73. The third kappa shape index (κ3) is 9.20. The highest BCUT2D eigenvalue weighted by Gasteiger charge is 2.11. The molecule has 0 amide bonds. The molecule has 0 bridgehead atoms. The van der Waals surface area contributed by atoms with Crippen molar-refractivity contribution in [2.75, 3.05) is 24.9 Å². The van der Waals surface area contributed by atoms with Crippen LogP contribution in [0.2, 0.25) is 0 Å². The minimum absolute atomic E-state index is 0.731. The van der Waals surface area contributed by atoms with Gasteiger partial charge >= 0.3 is 0 Å². The van der Waals surface area contributed by atoms with Gasteiger partial charge in [-0.2, -0.15) is 0 Å². The standard InChI is InChI=1S/C19H17NO.C7H9NO.C6H5I/c1-21-19-14-8-13-18(15-19)20(16-9-4-2-5-10-16)17-11-6-3-7-12-17;1-9-7-4-2-3-6(8)5-7;7-6-4-2-1-3-5-6/h2-15H,1H3;2-5H,8H2,1H3;1-5H. The normalized spacial score (nSPS) is 9.59. The fourth-order valence-electron chi connectivity index (χ4n) is 3.41. The van der Waals surface area contributed by atoms with Crippen LogP contribution in [0.4, 0.5) is 22.7 Å². The number of hydrogen-bond donors (Lipinski definition) is 1. The molecule has 0 aliphatic heterocycles. The lowest BCUT2D eigenvalue weighted by Crippen LogP contribution is -2.09. The van der Waals surface area contributed by atoms with Crippen LogP contribution in [0, 0.1) is 3.57 Å². The van der Waals surface area contributed by atoms with E-state index in [2.05, 4.69) is 70.0 Å². The van der Waals surface area contributed by atoms with E-state index in [4.69, 9.17) is 15.2 Å². The van der Waals surface area contributed by atoms with Crippen LogP contribution in [-0.2, 0) is 0 Å². The number of nitrogens with zero attached hydrogens (tertiary/aromatic N) is 1. The molecule has 5 aromatic carbocycles. The van der Waals surface area contributed by atoms with Crippen molar-refractivity contribution in [2.24, 2.45) is 0 Å². The van der Waals surface area contributed by atoms with Crippen molar-refractivity contribution in [3.63, 3.8) is 0 Å². The number of methoxy groups -OCH3 is 2. The van der Waals surface area contributed by atoms with E-state index in [0.29, 0.717) is 0 Å². The maximum Gasteiger partial charge on any atom is 0.120 e. The van der Waals surface area contributed by atoms with Gasteiger partial charge in [-0.05, 0) is 83.3 Å². The highest BCUT2D eigenvalue weighted by molar-refractivity contribution is 14.1. The molecule has 5 rings (SSSR count). The molecular weight excluding hydrogens is 571 g/mol. The third-order valence-electron chi connectivity index (χ3n) is 5.17. The highest BCUT2D eigenvalue weighted by atomic mass is 127. The van der Waals surface area contributed by atoms with E-state index < -0.39 is 0 Å². The molecule has 0 radical (unpaired) electrons. The van der Waals surface area contributed by atoms with Crippen molar-refractivity contribution in [2.45, 2.75) is 0 Å². The average Bonchev–Trinajstić information content (AvgIpc) is 2.96. The average molecular weight is 603 g/mol. The second kappa shape index (κ2) is 15.2. The molecule has 0 fully saturated rings. The van der Waals surface area contributed by atoms with Crippen molar-refractivity contribution >= 4 is 45.3 Å². The van der Waals surface area contributed by atoms with Gasteiger partial charge in [0.1, 0.15) is 11.5 Å². The van der Waals surface area contributed by atoms with E-state index in [1.807, 2.05) is 91.0 Å². The van der Waals surface area contributed by atoms with Crippen molar-refractivity contribution in [3.05, 3.63) is 143 Å². The molecule has 0 heterocycles. The Morgan fingerprint density at radius 1 is 0.514 bits per heavy atom. The Balaban J connectivity index is 0.000000194. The van der Waals surface area contributed by atoms with Gasteiger partial charge < -0.3 is 20.1 Å². The molecule has 0 aliphatic rings. The summed E-state index contributed by atoms with van der Waals surface area (Å²) in [7, 11) is 3.31. The molecule has 2 N–H and O–H groups in total. The van der Waals surface area contributed by atoms with E-state index >= 15 is 0 Å². The van der Waals surface area contributed by atoms with Crippen molar-refractivity contribution in [1.29, 1.82) is 0 Å². The first-order chi connectivity index (χ1) is 18.1. The van der Waals surface area contributed by atoms with Crippen molar-refractivity contribution < 1.29 is 9.47 Å². The van der Waals surface area contributed by atoms with Crippen molar-refractivity contribution in [1.82, 2.24) is 0 Å². The zero-order valence-electron chi connectivity index (χ0n) is 21.0. The second-order valence-corrected chi connectivity index (χ2v) is 9.03. The van der Waals surface area contributed by atoms with Crippen molar-refractivity contribution in [3.8, 4) is 11.5 Å². The number of hydrogen-bond acceptors (Lipinski definition) is 4. The fraction of sp³-hybridized carbons (Fsp3) is 0.0625. The summed E-state index contributed by atoms with van der Waals surface area (Å²) in [4.78, 5) is 2.21. The summed E-state index contributed by atoms with van der Waals surface area (Å²) in [6.45, 7) is 0. The number of nitrogens with two attached hydrogens (primary N) is 1. The Labute approximate surface area is 233 Å². The van der Waals surface area contributed by atoms with Crippen LogP contribution in [0.5, 0.6) is 11.5 Å². The zero-order valence-corrected chi connectivity index (χ0v) is 23.2. The van der Waals surface area contributed by atoms with Gasteiger partial charge in [-0.25, -0.2) is 0 Å². The van der Waals surface area contributed by atoms with Gasteiger partial charge in [0, 0.05) is 38.5 Å². The number of para-hydroxylation sites is 2. The van der Waals surface area contributed by atoms with E-state index in [1.54, 1.807) is 20.3 Å². The lowest BCUT2D eigenvalue weighted by atomic mass is 10.2. The Morgan fingerprint density at radius 3 is 1.35 bits per heavy atom. The summed E-state index contributed by atoms with van der Waals surface area (Å²) < 4.78 is 11.6. The summed E-state index contributed by atoms with van der Waals surface area (Å²) in [5.74, 6) is 1.65. The van der Waals surface area contributed by atoms with Gasteiger partial charge in [-0.3, -0.25) is 0 Å². The van der Waals surface area contributed by atoms with Gasteiger partial charge in [0.05, 0.1) is 14.2 Å². The minimum atomic E-state index is 0.731. The Morgan fingerprint density at radius 2 is 0.946 bits per heavy atom. The summed E-state index contributed by atoms with van der Waals surface area (Å²) in [6.07, 6.45) is 0. The zero-order chi connectivity index (χ0) is 26.3. The van der Waals surface area contributed by atoms with Gasteiger partial charge in [0.25, 0.3) is 0 Å². The molecule has 188 valence electrons. The number of ether oxygens (including phenoxy) is 2. The minimum Gasteiger partial charge on any atom is -0.497 e. The first-order valence-corrected chi connectivity index (χ1v) is 12.8.